The number of imidazole rings is 1. The van der Waals surface area contributed by atoms with E-state index < -0.39 is 0 Å². The molecule has 0 spiro atoms. The van der Waals surface area contributed by atoms with Crippen LogP contribution >= 0.6 is 0 Å². The van der Waals surface area contributed by atoms with Crippen molar-refractivity contribution >= 4 is 11.8 Å². The molecule has 3 aliphatic rings. The van der Waals surface area contributed by atoms with E-state index in [0.29, 0.717) is 25.3 Å². The second-order valence-corrected chi connectivity index (χ2v) is 8.91. The van der Waals surface area contributed by atoms with E-state index >= 15 is 0 Å². The molecule has 1 atom stereocenters. The summed E-state index contributed by atoms with van der Waals surface area (Å²) in [4.78, 5) is 36.0. The van der Waals surface area contributed by atoms with E-state index in [1.54, 1.807) is 0 Å². The number of amides is 2. The normalized spacial score (nSPS) is 24.4. The van der Waals surface area contributed by atoms with Gasteiger partial charge in [0.2, 0.25) is 11.8 Å². The standard InChI is InChI=1S/C22H35N5O3/c28-21-3-2-20(17-27(21)8-1-7-24-12-14-30-15-13-24)22(29)26-9-4-19(5-10-26)16-25-11-6-23-18-25/h6,11,18-20H,1-5,7-10,12-17H2/t20-/m1/s1. The first-order chi connectivity index (χ1) is 14.7. The highest BCUT2D eigenvalue weighted by Crippen LogP contribution is 2.24. The van der Waals surface area contributed by atoms with Gasteiger partial charge in [0.25, 0.3) is 0 Å². The third kappa shape index (κ3) is 5.60. The minimum absolute atomic E-state index is 0.0312. The SMILES string of the molecule is O=C1CC[C@@H](C(=O)N2CCC(Cn3ccnc3)CC2)CN1CCCN1CCOCC1. The van der Waals surface area contributed by atoms with Gasteiger partial charge in [-0.05, 0) is 31.6 Å². The smallest absolute Gasteiger partial charge is 0.227 e. The van der Waals surface area contributed by atoms with E-state index in [1.807, 2.05) is 28.5 Å². The van der Waals surface area contributed by atoms with Crippen LogP contribution in [-0.2, 0) is 20.9 Å². The van der Waals surface area contributed by atoms with Crippen LogP contribution in [0, 0.1) is 11.8 Å². The van der Waals surface area contributed by atoms with Gasteiger partial charge >= 0.3 is 0 Å². The lowest BCUT2D eigenvalue weighted by molar-refractivity contribution is -0.144. The molecule has 4 heterocycles. The number of hydrogen-bond acceptors (Lipinski definition) is 5. The van der Waals surface area contributed by atoms with Gasteiger partial charge in [-0.2, -0.15) is 0 Å². The molecule has 3 fully saturated rings. The molecule has 30 heavy (non-hydrogen) atoms. The van der Waals surface area contributed by atoms with Crippen molar-refractivity contribution in [2.24, 2.45) is 11.8 Å². The lowest BCUT2D eigenvalue weighted by Crippen LogP contribution is -2.49. The van der Waals surface area contributed by atoms with Gasteiger partial charge in [-0.3, -0.25) is 14.5 Å². The van der Waals surface area contributed by atoms with Gasteiger partial charge in [-0.15, -0.1) is 0 Å². The zero-order valence-electron chi connectivity index (χ0n) is 18.0. The Morgan fingerprint density at radius 2 is 1.90 bits per heavy atom. The Labute approximate surface area is 179 Å². The van der Waals surface area contributed by atoms with E-state index in [0.717, 1.165) is 78.3 Å². The molecule has 0 bridgehead atoms. The number of piperidine rings is 2. The number of likely N-dealkylation sites (tertiary alicyclic amines) is 2. The predicted octanol–water partition coefficient (Wildman–Crippen LogP) is 1.08. The first kappa shape index (κ1) is 21.3. The molecule has 0 N–H and O–H groups in total. The molecule has 0 unspecified atom stereocenters. The molecule has 3 saturated heterocycles. The van der Waals surface area contributed by atoms with Crippen LogP contribution in [0.5, 0.6) is 0 Å². The number of carbonyl (C=O) groups is 2. The summed E-state index contributed by atoms with van der Waals surface area (Å²) in [5.74, 6) is 1.03. The Morgan fingerprint density at radius 1 is 1.10 bits per heavy atom. The van der Waals surface area contributed by atoms with Gasteiger partial charge in [-0.1, -0.05) is 0 Å². The maximum atomic E-state index is 13.1. The molecule has 2 amide bonds. The van der Waals surface area contributed by atoms with Crippen molar-refractivity contribution in [2.45, 2.75) is 38.6 Å². The monoisotopic (exact) mass is 417 g/mol. The first-order valence-electron chi connectivity index (χ1n) is 11.5. The van der Waals surface area contributed by atoms with Crippen LogP contribution in [0.2, 0.25) is 0 Å². The van der Waals surface area contributed by atoms with Gasteiger partial charge in [0.15, 0.2) is 0 Å². The third-order valence-corrected chi connectivity index (χ3v) is 6.81. The summed E-state index contributed by atoms with van der Waals surface area (Å²) in [6.45, 7) is 8.56. The summed E-state index contributed by atoms with van der Waals surface area (Å²) in [6.07, 6.45) is 9.94. The molecular weight excluding hydrogens is 382 g/mol. The highest BCUT2D eigenvalue weighted by Gasteiger charge is 2.34. The zero-order valence-corrected chi connectivity index (χ0v) is 18.0. The Balaban J connectivity index is 1.20. The molecule has 0 aliphatic carbocycles. The number of nitrogens with zero attached hydrogens (tertiary/aromatic N) is 5. The number of morpholine rings is 1. The number of rotatable bonds is 7. The van der Waals surface area contributed by atoms with Crippen molar-refractivity contribution < 1.29 is 14.3 Å². The Bertz CT molecular complexity index is 681. The van der Waals surface area contributed by atoms with Crippen LogP contribution in [0.25, 0.3) is 0 Å². The molecule has 1 aromatic rings. The minimum Gasteiger partial charge on any atom is -0.379 e. The van der Waals surface area contributed by atoms with Gasteiger partial charge in [0.05, 0.1) is 25.5 Å². The Hall–Kier alpha value is -1.93. The fraction of sp³-hybridized carbons (Fsp3) is 0.773. The summed E-state index contributed by atoms with van der Waals surface area (Å²) >= 11 is 0. The molecule has 1 aromatic heterocycles. The van der Waals surface area contributed by atoms with E-state index in [4.69, 9.17) is 4.74 Å². The molecule has 0 radical (unpaired) electrons. The van der Waals surface area contributed by atoms with Gasteiger partial charge < -0.3 is 19.1 Å². The minimum atomic E-state index is -0.0312. The molecule has 4 rings (SSSR count). The van der Waals surface area contributed by atoms with Crippen LogP contribution < -0.4 is 0 Å². The third-order valence-electron chi connectivity index (χ3n) is 6.81. The van der Waals surface area contributed by atoms with E-state index in [-0.39, 0.29) is 17.7 Å². The van der Waals surface area contributed by atoms with E-state index in [2.05, 4.69) is 14.5 Å². The van der Waals surface area contributed by atoms with Crippen LogP contribution in [0.1, 0.15) is 32.1 Å². The van der Waals surface area contributed by atoms with Crippen molar-refractivity contribution in [3.63, 3.8) is 0 Å². The summed E-state index contributed by atoms with van der Waals surface area (Å²) in [6, 6.07) is 0. The van der Waals surface area contributed by atoms with Gasteiger partial charge in [0.1, 0.15) is 0 Å². The Morgan fingerprint density at radius 3 is 2.63 bits per heavy atom. The second kappa shape index (κ2) is 10.4. The fourth-order valence-corrected chi connectivity index (χ4v) is 4.93. The predicted molar refractivity (Wildman–Crippen MR) is 113 cm³/mol. The lowest BCUT2D eigenvalue weighted by Gasteiger charge is -2.38. The second-order valence-electron chi connectivity index (χ2n) is 8.91. The topological polar surface area (TPSA) is 70.9 Å². The summed E-state index contributed by atoms with van der Waals surface area (Å²) in [5, 5.41) is 0. The molecule has 0 saturated carbocycles. The van der Waals surface area contributed by atoms with Crippen LogP contribution in [0.3, 0.4) is 0 Å². The van der Waals surface area contributed by atoms with E-state index in [9.17, 15) is 9.59 Å². The molecule has 8 heteroatoms. The van der Waals surface area contributed by atoms with Crippen molar-refractivity contribution in [3.05, 3.63) is 18.7 Å². The first-order valence-corrected chi connectivity index (χ1v) is 11.5. The van der Waals surface area contributed by atoms with Crippen LogP contribution in [0.15, 0.2) is 18.7 Å². The number of ether oxygens (including phenoxy) is 1. The number of carbonyl (C=O) groups excluding carboxylic acids is 2. The average molecular weight is 418 g/mol. The van der Waals surface area contributed by atoms with Crippen molar-refractivity contribution in [1.82, 2.24) is 24.3 Å². The van der Waals surface area contributed by atoms with Crippen LogP contribution in [-0.4, -0.2) is 95.1 Å². The lowest BCUT2D eigenvalue weighted by atomic mass is 9.92. The molecular formula is C22H35N5O3. The Kier molecular flexibility index (Phi) is 7.38. The summed E-state index contributed by atoms with van der Waals surface area (Å²) < 4.78 is 7.52. The fourth-order valence-electron chi connectivity index (χ4n) is 4.93. The quantitative estimate of drug-likeness (QED) is 0.664. The largest absolute Gasteiger partial charge is 0.379 e. The molecule has 166 valence electrons. The zero-order chi connectivity index (χ0) is 20.8. The maximum absolute atomic E-state index is 13.1. The molecule has 0 aromatic carbocycles. The highest BCUT2D eigenvalue weighted by molar-refractivity contribution is 5.84. The van der Waals surface area contributed by atoms with Crippen molar-refractivity contribution in [3.8, 4) is 0 Å². The molecule has 8 nitrogen and oxygen atoms in total. The van der Waals surface area contributed by atoms with E-state index in [1.165, 1.54) is 0 Å². The highest BCUT2D eigenvalue weighted by atomic mass is 16.5. The average Bonchev–Trinajstić information content (AvgIpc) is 3.29. The van der Waals surface area contributed by atoms with Gasteiger partial charge in [0, 0.05) is 71.2 Å². The van der Waals surface area contributed by atoms with Crippen molar-refractivity contribution in [1.29, 1.82) is 0 Å². The molecule has 3 aliphatic heterocycles. The maximum Gasteiger partial charge on any atom is 0.227 e. The number of aromatic nitrogens is 2. The van der Waals surface area contributed by atoms with Crippen molar-refractivity contribution in [2.75, 3.05) is 59.0 Å². The summed E-state index contributed by atoms with van der Waals surface area (Å²) in [7, 11) is 0. The number of hydrogen-bond donors (Lipinski definition) is 0. The van der Waals surface area contributed by atoms with Crippen LogP contribution in [0.4, 0.5) is 0 Å². The van der Waals surface area contributed by atoms with Gasteiger partial charge in [-0.25, -0.2) is 4.98 Å². The summed E-state index contributed by atoms with van der Waals surface area (Å²) in [5.41, 5.74) is 0.